The van der Waals surface area contributed by atoms with Crippen LogP contribution in [0.15, 0.2) is 18.2 Å². The fourth-order valence-electron chi connectivity index (χ4n) is 1.84. The van der Waals surface area contributed by atoms with Crippen LogP contribution in [0.5, 0.6) is 0 Å². The number of hydrogen-bond donors (Lipinski definition) is 1. The first-order valence-corrected chi connectivity index (χ1v) is 7.14. The molecule has 1 aromatic rings. The molecule has 1 rings (SSSR count). The van der Waals surface area contributed by atoms with Crippen molar-refractivity contribution in [3.05, 3.63) is 34.3 Å². The highest BCUT2D eigenvalue weighted by atomic mass is 35.5. The van der Waals surface area contributed by atoms with E-state index in [9.17, 15) is 0 Å². The van der Waals surface area contributed by atoms with E-state index in [4.69, 9.17) is 16.3 Å². The largest absolute Gasteiger partial charge is 0.379 e. The Kier molecular flexibility index (Phi) is 7.33. The molecule has 0 aliphatic heterocycles. The summed E-state index contributed by atoms with van der Waals surface area (Å²) in [5.41, 5.74) is 2.32. The van der Waals surface area contributed by atoms with Gasteiger partial charge < -0.3 is 10.1 Å². The van der Waals surface area contributed by atoms with Crippen molar-refractivity contribution in [1.29, 1.82) is 0 Å². The van der Waals surface area contributed by atoms with E-state index < -0.39 is 0 Å². The molecule has 0 amide bonds. The van der Waals surface area contributed by atoms with E-state index in [0.29, 0.717) is 6.61 Å². The standard InChI is InChI=1S/C15H24ClNO/c1-4-8-17-15(11-18-9-5-2)13-7-6-12(3)10-14(13)16/h6-7,10,15,17H,4-5,8-9,11H2,1-3H3. The second-order valence-corrected chi connectivity index (χ2v) is 5.01. The molecule has 0 aromatic heterocycles. The van der Waals surface area contributed by atoms with Crippen molar-refractivity contribution in [2.24, 2.45) is 0 Å². The maximum Gasteiger partial charge on any atom is 0.0662 e. The minimum atomic E-state index is 0.185. The predicted octanol–water partition coefficient (Wildman–Crippen LogP) is 4.12. The Labute approximate surface area is 116 Å². The molecule has 1 aromatic carbocycles. The van der Waals surface area contributed by atoms with E-state index in [2.05, 4.69) is 38.2 Å². The molecule has 0 radical (unpaired) electrons. The van der Waals surface area contributed by atoms with Gasteiger partial charge in [0, 0.05) is 11.6 Å². The topological polar surface area (TPSA) is 21.3 Å². The van der Waals surface area contributed by atoms with Crippen LogP contribution in [0.25, 0.3) is 0 Å². The summed E-state index contributed by atoms with van der Waals surface area (Å²) in [6.45, 7) is 8.79. The Morgan fingerprint density at radius 1 is 1.28 bits per heavy atom. The summed E-state index contributed by atoms with van der Waals surface area (Å²) < 4.78 is 5.66. The molecule has 2 nitrogen and oxygen atoms in total. The van der Waals surface area contributed by atoms with Crippen LogP contribution in [0.4, 0.5) is 0 Å². The van der Waals surface area contributed by atoms with Gasteiger partial charge in [-0.25, -0.2) is 0 Å². The molecule has 0 saturated heterocycles. The lowest BCUT2D eigenvalue weighted by molar-refractivity contribution is 0.112. The van der Waals surface area contributed by atoms with Gasteiger partial charge in [-0.2, -0.15) is 0 Å². The third-order valence-corrected chi connectivity index (χ3v) is 3.13. The number of rotatable bonds is 8. The van der Waals surface area contributed by atoms with Crippen LogP contribution in [0.2, 0.25) is 5.02 Å². The van der Waals surface area contributed by atoms with E-state index in [0.717, 1.165) is 36.6 Å². The van der Waals surface area contributed by atoms with Crippen LogP contribution in [0.3, 0.4) is 0 Å². The Morgan fingerprint density at radius 3 is 2.67 bits per heavy atom. The third-order valence-electron chi connectivity index (χ3n) is 2.81. The number of hydrogen-bond acceptors (Lipinski definition) is 2. The van der Waals surface area contributed by atoms with Crippen LogP contribution in [0.1, 0.15) is 43.9 Å². The molecule has 102 valence electrons. The molecular formula is C15H24ClNO. The smallest absolute Gasteiger partial charge is 0.0662 e. The van der Waals surface area contributed by atoms with Gasteiger partial charge in [0.05, 0.1) is 12.6 Å². The van der Waals surface area contributed by atoms with Gasteiger partial charge in [0.15, 0.2) is 0 Å². The first-order chi connectivity index (χ1) is 8.69. The summed E-state index contributed by atoms with van der Waals surface area (Å²) in [5.74, 6) is 0. The molecule has 18 heavy (non-hydrogen) atoms. The van der Waals surface area contributed by atoms with Crippen molar-refractivity contribution in [2.75, 3.05) is 19.8 Å². The SMILES string of the molecule is CCCNC(COCCC)c1ccc(C)cc1Cl. The van der Waals surface area contributed by atoms with Crippen molar-refractivity contribution in [3.8, 4) is 0 Å². The average Bonchev–Trinajstić information content (AvgIpc) is 2.34. The molecule has 0 aliphatic carbocycles. The summed E-state index contributed by atoms with van der Waals surface area (Å²) >= 11 is 6.32. The fourth-order valence-corrected chi connectivity index (χ4v) is 2.20. The van der Waals surface area contributed by atoms with Crippen molar-refractivity contribution >= 4 is 11.6 Å². The molecule has 1 N–H and O–H groups in total. The zero-order valence-electron chi connectivity index (χ0n) is 11.6. The maximum atomic E-state index is 6.32. The quantitative estimate of drug-likeness (QED) is 0.717. The Bertz CT molecular complexity index is 354. The van der Waals surface area contributed by atoms with Gasteiger partial charge in [0.25, 0.3) is 0 Å². The number of benzene rings is 1. The Balaban J connectivity index is 2.73. The summed E-state index contributed by atoms with van der Waals surface area (Å²) in [6, 6.07) is 6.39. The van der Waals surface area contributed by atoms with Crippen molar-refractivity contribution in [3.63, 3.8) is 0 Å². The number of ether oxygens (including phenoxy) is 1. The van der Waals surface area contributed by atoms with Gasteiger partial charge in [-0.05, 0) is 43.5 Å². The number of nitrogens with one attached hydrogen (secondary N) is 1. The van der Waals surface area contributed by atoms with Crippen molar-refractivity contribution in [2.45, 2.75) is 39.7 Å². The molecule has 0 heterocycles. The predicted molar refractivity (Wildman–Crippen MR) is 78.3 cm³/mol. The van der Waals surface area contributed by atoms with Crippen LogP contribution in [-0.2, 0) is 4.74 Å². The minimum absolute atomic E-state index is 0.185. The first-order valence-electron chi connectivity index (χ1n) is 6.76. The minimum Gasteiger partial charge on any atom is -0.379 e. The molecule has 3 heteroatoms. The van der Waals surface area contributed by atoms with Crippen LogP contribution in [-0.4, -0.2) is 19.8 Å². The highest BCUT2D eigenvalue weighted by molar-refractivity contribution is 6.31. The van der Waals surface area contributed by atoms with Crippen molar-refractivity contribution < 1.29 is 4.74 Å². The molecule has 1 atom stereocenters. The summed E-state index contributed by atoms with van der Waals surface area (Å²) in [5, 5.41) is 4.32. The zero-order chi connectivity index (χ0) is 13.4. The molecule has 0 spiro atoms. The van der Waals surface area contributed by atoms with Gasteiger partial charge in [-0.15, -0.1) is 0 Å². The van der Waals surface area contributed by atoms with E-state index in [1.807, 2.05) is 6.07 Å². The third kappa shape index (κ3) is 4.97. The second kappa shape index (κ2) is 8.52. The number of aryl methyl sites for hydroxylation is 1. The zero-order valence-corrected chi connectivity index (χ0v) is 12.4. The van der Waals surface area contributed by atoms with Gasteiger partial charge in [-0.3, -0.25) is 0 Å². The van der Waals surface area contributed by atoms with Crippen molar-refractivity contribution in [1.82, 2.24) is 5.32 Å². The van der Waals surface area contributed by atoms with E-state index in [1.54, 1.807) is 0 Å². The molecule has 0 fully saturated rings. The van der Waals surface area contributed by atoms with Gasteiger partial charge >= 0.3 is 0 Å². The van der Waals surface area contributed by atoms with E-state index >= 15 is 0 Å². The van der Waals surface area contributed by atoms with Crippen LogP contribution in [0, 0.1) is 6.92 Å². The Hall–Kier alpha value is -0.570. The van der Waals surface area contributed by atoms with Gasteiger partial charge in [0.2, 0.25) is 0 Å². The van der Waals surface area contributed by atoms with E-state index in [-0.39, 0.29) is 6.04 Å². The average molecular weight is 270 g/mol. The maximum absolute atomic E-state index is 6.32. The second-order valence-electron chi connectivity index (χ2n) is 4.61. The summed E-state index contributed by atoms with van der Waals surface area (Å²) in [4.78, 5) is 0. The van der Waals surface area contributed by atoms with E-state index in [1.165, 1.54) is 5.56 Å². The summed E-state index contributed by atoms with van der Waals surface area (Å²) in [7, 11) is 0. The molecule has 1 unspecified atom stereocenters. The molecular weight excluding hydrogens is 246 g/mol. The van der Waals surface area contributed by atoms with Gasteiger partial charge in [-0.1, -0.05) is 37.6 Å². The molecule has 0 aliphatic rings. The van der Waals surface area contributed by atoms with Crippen LogP contribution >= 0.6 is 11.6 Å². The highest BCUT2D eigenvalue weighted by Crippen LogP contribution is 2.24. The normalized spacial score (nSPS) is 12.7. The lowest BCUT2D eigenvalue weighted by Gasteiger charge is -2.20. The lowest BCUT2D eigenvalue weighted by atomic mass is 10.1. The molecule has 0 bridgehead atoms. The molecule has 0 saturated carbocycles. The summed E-state index contributed by atoms with van der Waals surface area (Å²) in [6.07, 6.45) is 2.15. The first kappa shape index (κ1) is 15.5. The van der Waals surface area contributed by atoms with Gasteiger partial charge in [0.1, 0.15) is 0 Å². The lowest BCUT2D eigenvalue weighted by Crippen LogP contribution is -2.26. The Morgan fingerprint density at radius 2 is 2.06 bits per heavy atom. The monoisotopic (exact) mass is 269 g/mol. The number of halogens is 1. The van der Waals surface area contributed by atoms with Crippen LogP contribution < -0.4 is 5.32 Å². The highest BCUT2D eigenvalue weighted by Gasteiger charge is 2.14. The fraction of sp³-hybridized carbons (Fsp3) is 0.600.